The molecule has 2 aromatic heterocycles. The number of aryl methyl sites for hydroxylation is 1. The molecule has 1 atom stereocenters. The number of rotatable bonds is 2. The number of nitrogen functional groups attached to an aromatic ring is 1. The largest absolute Gasteiger partial charge is 0.368 e. The smallest absolute Gasteiger partial charge is 0.220 e. The second-order valence-electron chi connectivity index (χ2n) is 6.51. The molecule has 0 spiro atoms. The van der Waals surface area contributed by atoms with Gasteiger partial charge in [-0.15, -0.1) is 0 Å². The zero-order valence-corrected chi connectivity index (χ0v) is 14.0. The Morgan fingerprint density at radius 2 is 2.08 bits per heavy atom. The molecule has 0 amide bonds. The number of nitrogens with zero attached hydrogens (tertiary/aromatic N) is 3. The number of nitrogens with two attached hydrogens (primary N) is 1. The molecule has 2 N–H and O–H groups in total. The summed E-state index contributed by atoms with van der Waals surface area (Å²) >= 11 is 0. The Morgan fingerprint density at radius 3 is 2.88 bits per heavy atom. The second kappa shape index (κ2) is 6.24. The highest BCUT2D eigenvalue weighted by atomic mass is 19.1. The molecule has 25 heavy (non-hydrogen) atoms. The van der Waals surface area contributed by atoms with Gasteiger partial charge in [-0.25, -0.2) is 14.4 Å². The van der Waals surface area contributed by atoms with Gasteiger partial charge in [0.05, 0.1) is 5.69 Å². The molecule has 4 nitrogen and oxygen atoms in total. The van der Waals surface area contributed by atoms with Crippen molar-refractivity contribution in [1.29, 1.82) is 0 Å². The molecule has 1 aliphatic carbocycles. The van der Waals surface area contributed by atoms with Crippen molar-refractivity contribution in [2.75, 3.05) is 5.73 Å². The standard InChI is InChI=1S/C20H19FN4/c1-12-16-6-4-13(9-19(16)25-20(22)24-12)17-7-5-15(21)10-18(17)14-3-2-8-23-11-14/h2-3,5,7-8,10-11,13H,4,6,9H2,1H3,(H2,22,24,25). The van der Waals surface area contributed by atoms with Crippen molar-refractivity contribution in [2.45, 2.75) is 32.1 Å². The lowest BCUT2D eigenvalue weighted by molar-refractivity contribution is 0.566. The maximum Gasteiger partial charge on any atom is 0.220 e. The third-order valence-electron chi connectivity index (χ3n) is 4.93. The minimum Gasteiger partial charge on any atom is -0.368 e. The number of anilines is 1. The number of pyridine rings is 1. The number of aromatic nitrogens is 3. The van der Waals surface area contributed by atoms with E-state index in [4.69, 9.17) is 5.73 Å². The summed E-state index contributed by atoms with van der Waals surface area (Å²) in [5.41, 5.74) is 12.0. The van der Waals surface area contributed by atoms with E-state index in [0.29, 0.717) is 5.95 Å². The van der Waals surface area contributed by atoms with Gasteiger partial charge in [0.15, 0.2) is 0 Å². The Labute approximate surface area is 146 Å². The van der Waals surface area contributed by atoms with Crippen molar-refractivity contribution in [3.63, 3.8) is 0 Å². The summed E-state index contributed by atoms with van der Waals surface area (Å²) in [6.45, 7) is 1.98. The van der Waals surface area contributed by atoms with Gasteiger partial charge in [0.1, 0.15) is 5.82 Å². The summed E-state index contributed by atoms with van der Waals surface area (Å²) < 4.78 is 13.9. The fraction of sp³-hybridized carbons (Fsp3) is 0.250. The summed E-state index contributed by atoms with van der Waals surface area (Å²) in [5, 5.41) is 0. The number of benzene rings is 1. The van der Waals surface area contributed by atoms with Crippen LogP contribution in [0.15, 0.2) is 42.7 Å². The van der Waals surface area contributed by atoms with Gasteiger partial charge in [0, 0.05) is 23.7 Å². The molecule has 1 aromatic carbocycles. The molecule has 3 aromatic rings. The number of hydrogen-bond acceptors (Lipinski definition) is 4. The summed E-state index contributed by atoms with van der Waals surface area (Å²) in [6.07, 6.45) is 6.19. The normalized spacial score (nSPS) is 16.5. The van der Waals surface area contributed by atoms with E-state index in [2.05, 4.69) is 15.0 Å². The Bertz CT molecular complexity index is 924. The maximum atomic E-state index is 13.9. The van der Waals surface area contributed by atoms with Crippen molar-refractivity contribution in [3.05, 3.63) is 71.1 Å². The van der Waals surface area contributed by atoms with E-state index in [1.54, 1.807) is 18.5 Å². The van der Waals surface area contributed by atoms with E-state index in [1.165, 1.54) is 11.6 Å². The van der Waals surface area contributed by atoms with Gasteiger partial charge in [-0.3, -0.25) is 4.98 Å². The number of hydrogen-bond donors (Lipinski definition) is 1. The van der Waals surface area contributed by atoms with Gasteiger partial charge in [0.25, 0.3) is 0 Å². The van der Waals surface area contributed by atoms with Crippen molar-refractivity contribution in [3.8, 4) is 11.1 Å². The van der Waals surface area contributed by atoms with Crippen molar-refractivity contribution < 1.29 is 4.39 Å². The van der Waals surface area contributed by atoms with Crippen LogP contribution in [-0.4, -0.2) is 15.0 Å². The van der Waals surface area contributed by atoms with Crippen LogP contribution in [0.25, 0.3) is 11.1 Å². The van der Waals surface area contributed by atoms with Gasteiger partial charge < -0.3 is 5.73 Å². The number of halogens is 1. The Morgan fingerprint density at radius 1 is 1.20 bits per heavy atom. The van der Waals surface area contributed by atoms with Gasteiger partial charge >= 0.3 is 0 Å². The zero-order chi connectivity index (χ0) is 17.4. The molecule has 5 heteroatoms. The molecule has 4 rings (SSSR count). The monoisotopic (exact) mass is 334 g/mol. The molecule has 2 heterocycles. The predicted octanol–water partition coefficient (Wildman–Crippen LogP) is 3.84. The lowest BCUT2D eigenvalue weighted by atomic mass is 9.79. The molecule has 0 saturated carbocycles. The SMILES string of the molecule is Cc1nc(N)nc2c1CCC(c1ccc(F)cc1-c1cccnc1)C2. The molecular weight excluding hydrogens is 315 g/mol. The predicted molar refractivity (Wildman–Crippen MR) is 95.6 cm³/mol. The highest BCUT2D eigenvalue weighted by molar-refractivity contribution is 5.67. The molecule has 1 aliphatic rings. The van der Waals surface area contributed by atoms with Gasteiger partial charge in [-0.2, -0.15) is 0 Å². The molecule has 0 radical (unpaired) electrons. The van der Waals surface area contributed by atoms with Gasteiger partial charge in [-0.1, -0.05) is 12.1 Å². The van der Waals surface area contributed by atoms with Crippen LogP contribution in [0.5, 0.6) is 0 Å². The summed E-state index contributed by atoms with van der Waals surface area (Å²) in [7, 11) is 0. The zero-order valence-electron chi connectivity index (χ0n) is 14.0. The first kappa shape index (κ1) is 15.7. The third-order valence-corrected chi connectivity index (χ3v) is 4.93. The molecule has 126 valence electrons. The minimum absolute atomic E-state index is 0.235. The Kier molecular flexibility index (Phi) is 3.92. The van der Waals surface area contributed by atoms with E-state index in [-0.39, 0.29) is 11.7 Å². The lowest BCUT2D eigenvalue weighted by Crippen LogP contribution is -2.18. The first-order valence-corrected chi connectivity index (χ1v) is 8.43. The maximum absolute atomic E-state index is 13.9. The van der Waals surface area contributed by atoms with Crippen molar-refractivity contribution in [2.24, 2.45) is 0 Å². The minimum atomic E-state index is -0.235. The summed E-state index contributed by atoms with van der Waals surface area (Å²) in [6, 6.07) is 8.86. The van der Waals surface area contributed by atoms with Crippen LogP contribution in [0.2, 0.25) is 0 Å². The van der Waals surface area contributed by atoms with Crippen LogP contribution in [0.3, 0.4) is 0 Å². The Hall–Kier alpha value is -2.82. The lowest BCUT2D eigenvalue weighted by Gasteiger charge is -2.27. The average molecular weight is 334 g/mol. The van der Waals surface area contributed by atoms with Crippen LogP contribution in [0.1, 0.15) is 34.9 Å². The molecule has 0 fully saturated rings. The molecule has 0 aliphatic heterocycles. The highest BCUT2D eigenvalue weighted by Gasteiger charge is 2.25. The number of fused-ring (bicyclic) bond motifs is 1. The summed E-state index contributed by atoms with van der Waals surface area (Å²) in [5.74, 6) is 0.363. The van der Waals surface area contributed by atoms with E-state index in [0.717, 1.165) is 47.3 Å². The molecule has 1 unspecified atom stereocenters. The fourth-order valence-corrected chi connectivity index (χ4v) is 3.75. The fourth-order valence-electron chi connectivity index (χ4n) is 3.75. The van der Waals surface area contributed by atoms with E-state index in [9.17, 15) is 4.39 Å². The Balaban J connectivity index is 1.76. The first-order chi connectivity index (χ1) is 12.1. The highest BCUT2D eigenvalue weighted by Crippen LogP contribution is 2.38. The first-order valence-electron chi connectivity index (χ1n) is 8.43. The van der Waals surface area contributed by atoms with Crippen LogP contribution in [0.4, 0.5) is 10.3 Å². The van der Waals surface area contributed by atoms with E-state index >= 15 is 0 Å². The van der Waals surface area contributed by atoms with Crippen LogP contribution in [-0.2, 0) is 12.8 Å². The molecule has 0 bridgehead atoms. The van der Waals surface area contributed by atoms with E-state index < -0.39 is 0 Å². The second-order valence-corrected chi connectivity index (χ2v) is 6.51. The molecular formula is C20H19FN4. The quantitative estimate of drug-likeness (QED) is 0.773. The average Bonchev–Trinajstić information content (AvgIpc) is 2.61. The van der Waals surface area contributed by atoms with Crippen molar-refractivity contribution in [1.82, 2.24) is 15.0 Å². The molecule has 0 saturated heterocycles. The van der Waals surface area contributed by atoms with Crippen LogP contribution in [0, 0.1) is 12.7 Å². The van der Waals surface area contributed by atoms with Gasteiger partial charge in [-0.05, 0) is 67.0 Å². The van der Waals surface area contributed by atoms with Crippen LogP contribution < -0.4 is 5.73 Å². The van der Waals surface area contributed by atoms with Crippen LogP contribution >= 0.6 is 0 Å². The van der Waals surface area contributed by atoms with Crippen molar-refractivity contribution >= 4 is 5.95 Å². The van der Waals surface area contributed by atoms with Gasteiger partial charge in [0.2, 0.25) is 5.95 Å². The topological polar surface area (TPSA) is 64.7 Å². The summed E-state index contributed by atoms with van der Waals surface area (Å²) in [4.78, 5) is 12.9. The third kappa shape index (κ3) is 2.97. The van der Waals surface area contributed by atoms with E-state index in [1.807, 2.05) is 25.1 Å².